The second-order valence-electron chi connectivity index (χ2n) is 3.90. The molecule has 0 saturated heterocycles. The van der Waals surface area contributed by atoms with Crippen LogP contribution in [0.5, 0.6) is 0 Å². The van der Waals surface area contributed by atoms with Crippen LogP contribution in [-0.4, -0.2) is 37.0 Å². The molecular formula is C13H18N2O3. The molecular weight excluding hydrogens is 232 g/mol. The average Bonchev–Trinajstić information content (AvgIpc) is 2.38. The van der Waals surface area contributed by atoms with E-state index in [2.05, 4.69) is 4.74 Å². The van der Waals surface area contributed by atoms with Crippen LogP contribution < -0.4 is 5.73 Å². The van der Waals surface area contributed by atoms with Gasteiger partial charge in [0, 0.05) is 12.2 Å². The van der Waals surface area contributed by atoms with Crippen LogP contribution in [0.3, 0.4) is 0 Å². The molecule has 0 unspecified atom stereocenters. The molecule has 98 valence electrons. The predicted molar refractivity (Wildman–Crippen MR) is 68.8 cm³/mol. The highest BCUT2D eigenvalue weighted by molar-refractivity contribution is 5.83. The number of carbonyl (C=O) groups excluding carboxylic acids is 2. The van der Waals surface area contributed by atoms with E-state index in [4.69, 9.17) is 5.73 Å². The highest BCUT2D eigenvalue weighted by Crippen LogP contribution is 2.07. The Morgan fingerprint density at radius 3 is 2.39 bits per heavy atom. The first-order valence-corrected chi connectivity index (χ1v) is 5.75. The topological polar surface area (TPSA) is 72.6 Å². The average molecular weight is 250 g/mol. The number of anilines is 1. The Bertz CT molecular complexity index is 415. The van der Waals surface area contributed by atoms with Crippen molar-refractivity contribution in [3.63, 3.8) is 0 Å². The fraction of sp³-hybridized carbons (Fsp3) is 0.385. The second-order valence-corrected chi connectivity index (χ2v) is 3.90. The van der Waals surface area contributed by atoms with Gasteiger partial charge in [0.05, 0.1) is 13.5 Å². The summed E-state index contributed by atoms with van der Waals surface area (Å²) in [6.45, 7) is 2.29. The number of nitrogens with zero attached hydrogens (tertiary/aromatic N) is 1. The first kappa shape index (κ1) is 14.0. The zero-order valence-electron chi connectivity index (χ0n) is 10.7. The molecule has 0 fully saturated rings. The maximum Gasteiger partial charge on any atom is 0.325 e. The van der Waals surface area contributed by atoms with Gasteiger partial charge >= 0.3 is 5.97 Å². The first-order chi connectivity index (χ1) is 8.56. The van der Waals surface area contributed by atoms with Crippen molar-refractivity contribution in [3.05, 3.63) is 29.8 Å². The lowest BCUT2D eigenvalue weighted by atomic mass is 10.1. The molecule has 0 atom stereocenters. The SMILES string of the molecule is CCN(CC(=O)OC)C(=O)Cc1ccc(N)cc1. The lowest BCUT2D eigenvalue weighted by molar-refractivity contribution is -0.146. The quantitative estimate of drug-likeness (QED) is 0.620. The molecule has 0 aliphatic heterocycles. The molecule has 18 heavy (non-hydrogen) atoms. The summed E-state index contributed by atoms with van der Waals surface area (Å²) in [5.41, 5.74) is 7.10. The van der Waals surface area contributed by atoms with E-state index in [-0.39, 0.29) is 18.9 Å². The second kappa shape index (κ2) is 6.64. The maximum absolute atomic E-state index is 12.0. The normalized spacial score (nSPS) is 9.89. The van der Waals surface area contributed by atoms with Crippen molar-refractivity contribution >= 4 is 17.6 Å². The maximum atomic E-state index is 12.0. The fourth-order valence-electron chi connectivity index (χ4n) is 1.52. The minimum Gasteiger partial charge on any atom is -0.468 e. The van der Waals surface area contributed by atoms with Gasteiger partial charge in [-0.05, 0) is 24.6 Å². The fourth-order valence-corrected chi connectivity index (χ4v) is 1.52. The number of hydrogen-bond donors (Lipinski definition) is 1. The lowest BCUT2D eigenvalue weighted by Crippen LogP contribution is -2.36. The largest absolute Gasteiger partial charge is 0.468 e. The minimum absolute atomic E-state index is 0.0131. The molecule has 0 aliphatic rings. The number of ether oxygens (including phenoxy) is 1. The number of likely N-dealkylation sites (N-methyl/N-ethyl adjacent to an activating group) is 1. The predicted octanol–water partition coefficient (Wildman–Crippen LogP) is 0.833. The Balaban J connectivity index is 2.62. The van der Waals surface area contributed by atoms with E-state index in [0.29, 0.717) is 12.2 Å². The number of methoxy groups -OCH3 is 1. The Hall–Kier alpha value is -2.04. The van der Waals surface area contributed by atoms with E-state index >= 15 is 0 Å². The summed E-state index contributed by atoms with van der Waals surface area (Å²) >= 11 is 0. The van der Waals surface area contributed by atoms with Crippen molar-refractivity contribution in [2.24, 2.45) is 0 Å². The summed E-state index contributed by atoms with van der Waals surface area (Å²) in [5, 5.41) is 0. The van der Waals surface area contributed by atoms with Crippen molar-refractivity contribution in [3.8, 4) is 0 Å². The molecule has 2 N–H and O–H groups in total. The summed E-state index contributed by atoms with van der Waals surface area (Å²) in [6, 6.07) is 7.11. The highest BCUT2D eigenvalue weighted by atomic mass is 16.5. The van der Waals surface area contributed by atoms with Crippen molar-refractivity contribution in [1.29, 1.82) is 0 Å². The van der Waals surface area contributed by atoms with Gasteiger partial charge in [0.15, 0.2) is 0 Å². The van der Waals surface area contributed by atoms with Crippen molar-refractivity contribution in [2.75, 3.05) is 25.9 Å². The van der Waals surface area contributed by atoms with Crippen LogP contribution in [-0.2, 0) is 20.7 Å². The van der Waals surface area contributed by atoms with Crippen LogP contribution in [0.4, 0.5) is 5.69 Å². The van der Waals surface area contributed by atoms with Crippen LogP contribution in [0.15, 0.2) is 24.3 Å². The number of carbonyl (C=O) groups is 2. The summed E-state index contributed by atoms with van der Waals surface area (Å²) in [6.07, 6.45) is 0.255. The van der Waals surface area contributed by atoms with Gasteiger partial charge in [-0.15, -0.1) is 0 Å². The molecule has 0 radical (unpaired) electrons. The number of hydrogen-bond acceptors (Lipinski definition) is 4. The molecule has 0 heterocycles. The number of esters is 1. The summed E-state index contributed by atoms with van der Waals surface area (Å²) in [7, 11) is 1.31. The molecule has 0 aromatic heterocycles. The molecule has 1 aromatic carbocycles. The molecule has 1 amide bonds. The van der Waals surface area contributed by atoms with E-state index in [1.54, 1.807) is 24.3 Å². The minimum atomic E-state index is -0.414. The molecule has 1 rings (SSSR count). The van der Waals surface area contributed by atoms with Crippen molar-refractivity contribution in [1.82, 2.24) is 4.90 Å². The molecule has 0 bridgehead atoms. The monoisotopic (exact) mass is 250 g/mol. The number of nitrogens with two attached hydrogens (primary N) is 1. The summed E-state index contributed by atoms with van der Waals surface area (Å²) in [5.74, 6) is -0.518. The molecule has 5 heteroatoms. The zero-order chi connectivity index (χ0) is 13.5. The number of benzene rings is 1. The first-order valence-electron chi connectivity index (χ1n) is 5.75. The molecule has 0 saturated carbocycles. The Kier molecular flexibility index (Phi) is 5.17. The van der Waals surface area contributed by atoms with Crippen molar-refractivity contribution < 1.29 is 14.3 Å². The van der Waals surface area contributed by atoms with Gasteiger partial charge in [0.1, 0.15) is 6.54 Å². The van der Waals surface area contributed by atoms with E-state index in [9.17, 15) is 9.59 Å². The smallest absolute Gasteiger partial charge is 0.325 e. The van der Waals surface area contributed by atoms with Gasteiger partial charge < -0.3 is 15.4 Å². The van der Waals surface area contributed by atoms with Crippen LogP contribution in [0, 0.1) is 0 Å². The summed E-state index contributed by atoms with van der Waals surface area (Å²) < 4.78 is 4.55. The van der Waals surface area contributed by atoms with Crippen LogP contribution in [0.25, 0.3) is 0 Å². The Morgan fingerprint density at radius 2 is 1.89 bits per heavy atom. The standard InChI is InChI=1S/C13H18N2O3/c1-3-15(9-13(17)18-2)12(16)8-10-4-6-11(14)7-5-10/h4-7H,3,8-9,14H2,1-2H3. The number of nitrogen functional groups attached to an aromatic ring is 1. The van der Waals surface area contributed by atoms with Gasteiger partial charge in [-0.25, -0.2) is 0 Å². The molecule has 5 nitrogen and oxygen atoms in total. The van der Waals surface area contributed by atoms with E-state index < -0.39 is 5.97 Å². The van der Waals surface area contributed by atoms with Crippen LogP contribution >= 0.6 is 0 Å². The highest BCUT2D eigenvalue weighted by Gasteiger charge is 2.15. The molecule has 0 spiro atoms. The molecule has 1 aromatic rings. The third-order valence-electron chi connectivity index (χ3n) is 2.62. The number of rotatable bonds is 5. The van der Waals surface area contributed by atoms with E-state index in [1.807, 2.05) is 6.92 Å². The zero-order valence-corrected chi connectivity index (χ0v) is 10.7. The van der Waals surface area contributed by atoms with E-state index in [1.165, 1.54) is 12.0 Å². The Labute approximate surface area is 107 Å². The molecule has 0 aliphatic carbocycles. The van der Waals surface area contributed by atoms with Gasteiger partial charge in [-0.3, -0.25) is 9.59 Å². The van der Waals surface area contributed by atoms with Gasteiger partial charge in [0.25, 0.3) is 0 Å². The Morgan fingerprint density at radius 1 is 1.28 bits per heavy atom. The van der Waals surface area contributed by atoms with Crippen LogP contribution in [0.1, 0.15) is 12.5 Å². The summed E-state index contributed by atoms with van der Waals surface area (Å²) in [4.78, 5) is 24.6. The third kappa shape index (κ3) is 4.08. The van der Waals surface area contributed by atoms with Gasteiger partial charge in [-0.1, -0.05) is 12.1 Å². The van der Waals surface area contributed by atoms with Crippen molar-refractivity contribution in [2.45, 2.75) is 13.3 Å². The third-order valence-corrected chi connectivity index (χ3v) is 2.62. The number of amides is 1. The lowest BCUT2D eigenvalue weighted by Gasteiger charge is -2.19. The van der Waals surface area contributed by atoms with E-state index in [0.717, 1.165) is 5.56 Å². The van der Waals surface area contributed by atoms with Gasteiger partial charge in [0.2, 0.25) is 5.91 Å². The van der Waals surface area contributed by atoms with Gasteiger partial charge in [-0.2, -0.15) is 0 Å². The van der Waals surface area contributed by atoms with Crippen LogP contribution in [0.2, 0.25) is 0 Å².